The van der Waals surface area contributed by atoms with Crippen molar-refractivity contribution in [3.05, 3.63) is 35.4 Å². The summed E-state index contributed by atoms with van der Waals surface area (Å²) in [5.74, 6) is -0.372. The molecule has 0 aromatic heterocycles. The fourth-order valence-corrected chi connectivity index (χ4v) is 4.20. The van der Waals surface area contributed by atoms with Gasteiger partial charge in [-0.25, -0.2) is 0 Å². The Morgan fingerprint density at radius 3 is 2.76 bits per heavy atom. The molecule has 0 saturated carbocycles. The maximum atomic E-state index is 5.81. The average molecular weight is 299 g/mol. The molecule has 1 aromatic carbocycles. The molecule has 2 nitrogen and oxygen atoms in total. The zero-order valence-electron chi connectivity index (χ0n) is 10.7. The van der Waals surface area contributed by atoms with Crippen LogP contribution in [-0.2, 0) is 14.8 Å². The second-order valence-corrected chi connectivity index (χ2v) is 7.05. The summed E-state index contributed by atoms with van der Waals surface area (Å²) in [5.41, 5.74) is 2.88. The molecule has 0 N–H and O–H groups in total. The van der Waals surface area contributed by atoms with Crippen molar-refractivity contribution in [2.24, 2.45) is 0 Å². The molecule has 1 aliphatic heterocycles. The van der Waals surface area contributed by atoms with Crippen LogP contribution < -0.4 is 0 Å². The Kier molecular flexibility index (Phi) is 4.26. The minimum absolute atomic E-state index is 0.300. The molecule has 1 aliphatic rings. The molecular weight excluding hydrogens is 279 g/mol. The molecule has 1 aromatic rings. The van der Waals surface area contributed by atoms with Crippen LogP contribution in [0.5, 0.6) is 0 Å². The molecule has 0 amide bonds. The first kappa shape index (κ1) is 13.1. The first-order valence-corrected chi connectivity index (χ1v) is 8.43. The van der Waals surface area contributed by atoms with Gasteiger partial charge in [-0.15, -0.1) is 0 Å². The first-order valence-electron chi connectivity index (χ1n) is 6.01. The monoisotopic (exact) mass is 300 g/mol. The van der Waals surface area contributed by atoms with Gasteiger partial charge in [0.25, 0.3) is 0 Å². The third-order valence-corrected chi connectivity index (χ3v) is 5.25. The number of aryl methyl sites for hydroxylation is 1. The summed E-state index contributed by atoms with van der Waals surface area (Å²) < 4.78 is 11.4. The molecule has 0 bridgehead atoms. The Morgan fingerprint density at radius 1 is 1.35 bits per heavy atom. The molecule has 1 fully saturated rings. The summed E-state index contributed by atoms with van der Waals surface area (Å²) in [7, 11) is 0. The number of hydrogen-bond donors (Lipinski definition) is 0. The number of rotatable bonds is 4. The Hall–Kier alpha value is -0.341. The molecule has 1 unspecified atom stereocenters. The average Bonchev–Trinajstić information content (AvgIpc) is 2.61. The predicted octanol–water partition coefficient (Wildman–Crippen LogP) is 2.77. The molecule has 17 heavy (non-hydrogen) atoms. The molecule has 2 rings (SSSR count). The molecule has 0 aliphatic carbocycles. The van der Waals surface area contributed by atoms with E-state index in [1.807, 2.05) is 13.8 Å². The molecule has 0 spiro atoms. The van der Waals surface area contributed by atoms with Crippen LogP contribution >= 0.6 is 0 Å². The van der Waals surface area contributed by atoms with E-state index in [4.69, 9.17) is 9.47 Å². The summed E-state index contributed by atoms with van der Waals surface area (Å²) in [6.07, 6.45) is 0.300. The molecule has 94 valence electrons. The molecule has 1 saturated heterocycles. The summed E-state index contributed by atoms with van der Waals surface area (Å²) in [6, 6.07) is 8.63. The van der Waals surface area contributed by atoms with Gasteiger partial charge < -0.3 is 0 Å². The van der Waals surface area contributed by atoms with Crippen LogP contribution in [0.4, 0.5) is 0 Å². The third kappa shape index (κ3) is 3.82. The van der Waals surface area contributed by atoms with E-state index in [9.17, 15) is 0 Å². The van der Waals surface area contributed by atoms with Crippen molar-refractivity contribution in [2.45, 2.75) is 43.3 Å². The Bertz CT molecular complexity index is 376. The van der Waals surface area contributed by atoms with E-state index in [-0.39, 0.29) is 5.79 Å². The van der Waals surface area contributed by atoms with Crippen molar-refractivity contribution in [2.75, 3.05) is 6.61 Å². The maximum absolute atomic E-state index is 5.81. The molecule has 3 heteroatoms. The van der Waals surface area contributed by atoms with Gasteiger partial charge in [0.15, 0.2) is 0 Å². The zero-order valence-corrected chi connectivity index (χ0v) is 12.4. The molecule has 1 atom stereocenters. The quantitative estimate of drug-likeness (QED) is 0.796. The van der Waals surface area contributed by atoms with E-state index in [0.29, 0.717) is 21.1 Å². The molecule has 1 heterocycles. The standard InChI is InChI=1S/C14H20O2Se/c1-11-6-4-5-7-12(11)9-17-10-13-8-15-14(2,3)16-13/h4-7,13H,8-10H2,1-3H3. The van der Waals surface area contributed by atoms with Gasteiger partial charge in [-0.1, -0.05) is 0 Å². The van der Waals surface area contributed by atoms with Crippen molar-refractivity contribution >= 4 is 15.0 Å². The van der Waals surface area contributed by atoms with Gasteiger partial charge in [0.05, 0.1) is 0 Å². The number of hydrogen-bond acceptors (Lipinski definition) is 2. The zero-order chi connectivity index (χ0) is 12.3. The topological polar surface area (TPSA) is 18.5 Å². The van der Waals surface area contributed by atoms with E-state index in [1.165, 1.54) is 16.4 Å². The van der Waals surface area contributed by atoms with Gasteiger partial charge in [-0.05, 0) is 0 Å². The van der Waals surface area contributed by atoms with Gasteiger partial charge in [0.1, 0.15) is 0 Å². The summed E-state index contributed by atoms with van der Waals surface area (Å²) in [6.45, 7) is 6.91. The van der Waals surface area contributed by atoms with Crippen LogP contribution in [0.25, 0.3) is 0 Å². The van der Waals surface area contributed by atoms with Gasteiger partial charge in [0, 0.05) is 0 Å². The van der Waals surface area contributed by atoms with Crippen molar-refractivity contribution in [3.63, 3.8) is 0 Å². The van der Waals surface area contributed by atoms with Crippen molar-refractivity contribution in [1.82, 2.24) is 0 Å². The van der Waals surface area contributed by atoms with Crippen molar-refractivity contribution in [3.8, 4) is 0 Å². The fourth-order valence-electron chi connectivity index (χ4n) is 1.92. The molecule has 0 radical (unpaired) electrons. The van der Waals surface area contributed by atoms with Crippen LogP contribution in [0.2, 0.25) is 5.32 Å². The van der Waals surface area contributed by atoms with E-state index in [1.54, 1.807) is 0 Å². The Balaban J connectivity index is 1.76. The van der Waals surface area contributed by atoms with E-state index < -0.39 is 0 Å². The van der Waals surface area contributed by atoms with Crippen molar-refractivity contribution in [1.29, 1.82) is 0 Å². The van der Waals surface area contributed by atoms with Gasteiger partial charge >= 0.3 is 110 Å². The Morgan fingerprint density at radius 2 is 2.12 bits per heavy atom. The molecular formula is C14H20O2Se. The second kappa shape index (κ2) is 5.53. The van der Waals surface area contributed by atoms with Crippen LogP contribution in [0.1, 0.15) is 25.0 Å². The second-order valence-electron chi connectivity index (χ2n) is 4.89. The van der Waals surface area contributed by atoms with E-state index in [0.717, 1.165) is 11.9 Å². The minimum atomic E-state index is -0.372. The fraction of sp³-hybridized carbons (Fsp3) is 0.571. The summed E-state index contributed by atoms with van der Waals surface area (Å²) in [4.78, 5) is 0. The van der Waals surface area contributed by atoms with E-state index in [2.05, 4.69) is 31.2 Å². The van der Waals surface area contributed by atoms with Gasteiger partial charge in [-0.3, -0.25) is 0 Å². The van der Waals surface area contributed by atoms with Crippen LogP contribution in [0.15, 0.2) is 24.3 Å². The van der Waals surface area contributed by atoms with Gasteiger partial charge in [0.2, 0.25) is 0 Å². The third-order valence-electron chi connectivity index (χ3n) is 2.89. The normalized spacial score (nSPS) is 22.9. The van der Waals surface area contributed by atoms with Crippen molar-refractivity contribution < 1.29 is 9.47 Å². The Labute approximate surface area is 110 Å². The predicted molar refractivity (Wildman–Crippen MR) is 70.3 cm³/mol. The van der Waals surface area contributed by atoms with Crippen LogP contribution in [0.3, 0.4) is 0 Å². The van der Waals surface area contributed by atoms with E-state index >= 15 is 0 Å². The number of ether oxygens (including phenoxy) is 2. The summed E-state index contributed by atoms with van der Waals surface area (Å²) >= 11 is 0.598. The van der Waals surface area contributed by atoms with Gasteiger partial charge in [-0.2, -0.15) is 0 Å². The summed E-state index contributed by atoms with van der Waals surface area (Å²) in [5, 5.41) is 2.34. The number of benzene rings is 1. The SMILES string of the molecule is Cc1ccccc1C[Se]CC1COC(C)(C)O1. The van der Waals surface area contributed by atoms with Crippen LogP contribution in [-0.4, -0.2) is 33.5 Å². The van der Waals surface area contributed by atoms with Crippen LogP contribution in [0, 0.1) is 6.92 Å². The first-order chi connectivity index (χ1) is 8.07.